The van der Waals surface area contributed by atoms with Crippen molar-refractivity contribution in [3.63, 3.8) is 0 Å². The summed E-state index contributed by atoms with van der Waals surface area (Å²) < 4.78 is 14.8. The molecule has 0 amide bonds. The van der Waals surface area contributed by atoms with Gasteiger partial charge in [-0.1, -0.05) is 45.8 Å². The third kappa shape index (κ3) is 1.92. The highest BCUT2D eigenvalue weighted by atomic mass is 16.6. The van der Waals surface area contributed by atoms with Gasteiger partial charge in [-0.25, -0.2) is 0 Å². The fraction of sp³-hybridized carbons (Fsp3) is 0.833. The SMILES string of the molecule is CC1=CC[C@@]23CC[C@@H]4C(C)(C)CCC[C@@]45C[C@@]24[C@@H]1C[C@H]1C(C)(C)OC(=C(C(C)C)C3=O)[C@]14O5. The number of Topliss-reactive ketones (excluding diaryl/α,β-unsaturated/α-hetero) is 1. The minimum absolute atomic E-state index is 0.111. The predicted molar refractivity (Wildman–Crippen MR) is 128 cm³/mol. The predicted octanol–water partition coefficient (Wildman–Crippen LogP) is 6.76. The van der Waals surface area contributed by atoms with Gasteiger partial charge in [0.25, 0.3) is 0 Å². The molecule has 0 aromatic heterocycles. The molecular weight excluding hydrogens is 408 g/mol. The van der Waals surface area contributed by atoms with Gasteiger partial charge in [-0.15, -0.1) is 0 Å². The van der Waals surface area contributed by atoms with Crippen LogP contribution in [0.1, 0.15) is 99.8 Å². The van der Waals surface area contributed by atoms with Crippen LogP contribution in [0, 0.1) is 39.9 Å². The summed E-state index contributed by atoms with van der Waals surface area (Å²) in [7, 11) is 0. The Balaban J connectivity index is 1.61. The molecule has 0 aromatic carbocycles. The summed E-state index contributed by atoms with van der Waals surface area (Å²) >= 11 is 0. The smallest absolute Gasteiger partial charge is 0.169 e. The monoisotopic (exact) mass is 450 g/mol. The number of hydrogen-bond acceptors (Lipinski definition) is 3. The van der Waals surface area contributed by atoms with Gasteiger partial charge in [-0.2, -0.15) is 0 Å². The number of hydrogen-bond donors (Lipinski definition) is 0. The number of allylic oxidation sites excluding steroid dienone is 3. The van der Waals surface area contributed by atoms with E-state index in [1.54, 1.807) is 0 Å². The van der Waals surface area contributed by atoms with Crippen molar-refractivity contribution >= 4 is 5.78 Å². The van der Waals surface area contributed by atoms with E-state index in [0.717, 1.165) is 49.9 Å². The summed E-state index contributed by atoms with van der Waals surface area (Å²) in [6.07, 6.45) is 11.4. The average Bonchev–Trinajstić information content (AvgIpc) is 3.18. The summed E-state index contributed by atoms with van der Waals surface area (Å²) in [5, 5.41) is 0. The van der Waals surface area contributed by atoms with Crippen molar-refractivity contribution in [2.45, 2.75) is 117 Å². The lowest BCUT2D eigenvalue weighted by Crippen LogP contribution is -2.65. The second-order valence-corrected chi connectivity index (χ2v) is 14.5. The van der Waals surface area contributed by atoms with Gasteiger partial charge < -0.3 is 9.47 Å². The molecule has 2 aliphatic heterocycles. The van der Waals surface area contributed by atoms with Crippen molar-refractivity contribution in [3.8, 4) is 0 Å². The third-order valence-corrected chi connectivity index (χ3v) is 12.2. The molecule has 0 aromatic rings. The van der Waals surface area contributed by atoms with E-state index >= 15 is 0 Å². The molecule has 5 fully saturated rings. The lowest BCUT2D eigenvalue weighted by atomic mass is 9.42. The molecule has 180 valence electrons. The molecule has 7 rings (SSSR count). The van der Waals surface area contributed by atoms with Gasteiger partial charge in [0.15, 0.2) is 5.78 Å². The molecule has 0 radical (unpaired) electrons. The summed E-state index contributed by atoms with van der Waals surface area (Å²) in [4.78, 5) is 14.8. The van der Waals surface area contributed by atoms with Gasteiger partial charge in [0.1, 0.15) is 17.0 Å². The topological polar surface area (TPSA) is 35.5 Å². The minimum atomic E-state index is -0.420. The van der Waals surface area contributed by atoms with E-state index in [9.17, 15) is 4.79 Å². The molecule has 3 spiro atoms. The van der Waals surface area contributed by atoms with Crippen LogP contribution < -0.4 is 0 Å². The highest BCUT2D eigenvalue weighted by Gasteiger charge is 2.90. The van der Waals surface area contributed by atoms with Gasteiger partial charge >= 0.3 is 0 Å². The van der Waals surface area contributed by atoms with Crippen molar-refractivity contribution in [1.82, 2.24) is 0 Å². The number of carbonyl (C=O) groups is 1. The van der Waals surface area contributed by atoms with Gasteiger partial charge in [-0.3, -0.25) is 4.79 Å². The molecule has 5 aliphatic carbocycles. The van der Waals surface area contributed by atoms with Crippen LogP contribution in [0.2, 0.25) is 0 Å². The van der Waals surface area contributed by atoms with Crippen molar-refractivity contribution in [3.05, 3.63) is 23.0 Å². The van der Waals surface area contributed by atoms with E-state index in [1.165, 1.54) is 18.4 Å². The molecule has 0 unspecified atom stereocenters. The highest BCUT2D eigenvalue weighted by Crippen LogP contribution is 2.86. The Hall–Kier alpha value is -1.09. The zero-order valence-electron chi connectivity index (χ0n) is 21.8. The largest absolute Gasteiger partial charge is 0.488 e. The van der Waals surface area contributed by atoms with Crippen LogP contribution >= 0.6 is 0 Å². The summed E-state index contributed by atoms with van der Waals surface area (Å²) in [5.74, 6) is 2.84. The first-order chi connectivity index (χ1) is 15.4. The first-order valence-electron chi connectivity index (χ1n) is 13.7. The van der Waals surface area contributed by atoms with E-state index in [4.69, 9.17) is 9.47 Å². The second kappa shape index (κ2) is 5.66. The normalized spacial score (nSPS) is 52.3. The molecule has 7 atom stereocenters. The van der Waals surface area contributed by atoms with Crippen LogP contribution in [0.15, 0.2) is 23.0 Å². The van der Waals surface area contributed by atoms with Crippen LogP contribution in [0.4, 0.5) is 0 Å². The van der Waals surface area contributed by atoms with Gasteiger partial charge in [0.2, 0.25) is 0 Å². The molecule has 3 nitrogen and oxygen atoms in total. The van der Waals surface area contributed by atoms with Gasteiger partial charge in [0.05, 0.1) is 5.60 Å². The first kappa shape index (κ1) is 21.2. The van der Waals surface area contributed by atoms with E-state index in [2.05, 4.69) is 54.5 Å². The molecular formula is C30H42O3. The van der Waals surface area contributed by atoms with Crippen LogP contribution in [-0.2, 0) is 14.3 Å². The quantitative estimate of drug-likeness (QED) is 0.414. The number of ether oxygens (including phenoxy) is 2. The van der Waals surface area contributed by atoms with Crippen LogP contribution in [0.25, 0.3) is 0 Å². The van der Waals surface area contributed by atoms with Crippen LogP contribution in [0.3, 0.4) is 0 Å². The maximum absolute atomic E-state index is 14.8. The van der Waals surface area contributed by atoms with Crippen molar-refractivity contribution in [2.24, 2.45) is 39.9 Å². The standard InChI is InChI=1S/C30H42O3/c1-17(2)22-23(31)27-13-9-18(3)19-15-21-26(6,7)32-24(22)30(21)29(19,27)16-28(33-30)12-8-11-25(4,5)20(28)10-14-27/h9,17,19-21H,8,10-16H2,1-7H3/t19-,20-,21+,27+,28-,29-,30-/m1/s1. The fourth-order valence-corrected chi connectivity index (χ4v) is 11.3. The Bertz CT molecular complexity index is 1040. The number of rotatable bonds is 1. The Labute approximate surface area is 199 Å². The van der Waals surface area contributed by atoms with Crippen LogP contribution in [-0.4, -0.2) is 22.6 Å². The van der Waals surface area contributed by atoms with E-state index in [-0.39, 0.29) is 33.4 Å². The zero-order chi connectivity index (χ0) is 23.4. The third-order valence-electron chi connectivity index (χ3n) is 12.2. The Kier molecular flexibility index (Phi) is 3.64. The molecule has 33 heavy (non-hydrogen) atoms. The maximum atomic E-state index is 14.8. The Morgan fingerprint density at radius 1 is 1.06 bits per heavy atom. The number of carbonyl (C=O) groups excluding carboxylic acids is 1. The zero-order valence-corrected chi connectivity index (χ0v) is 21.8. The minimum Gasteiger partial charge on any atom is -0.488 e. The fourth-order valence-electron chi connectivity index (χ4n) is 11.3. The summed E-state index contributed by atoms with van der Waals surface area (Å²) in [5.41, 5.74) is 1.45. The van der Waals surface area contributed by atoms with E-state index in [1.807, 2.05) is 0 Å². The molecule has 2 saturated heterocycles. The van der Waals surface area contributed by atoms with Crippen molar-refractivity contribution in [1.29, 1.82) is 0 Å². The van der Waals surface area contributed by atoms with E-state index in [0.29, 0.717) is 23.5 Å². The molecule has 7 aliphatic rings. The summed E-state index contributed by atoms with van der Waals surface area (Å²) in [6, 6.07) is 0. The average molecular weight is 451 g/mol. The van der Waals surface area contributed by atoms with E-state index < -0.39 is 5.60 Å². The van der Waals surface area contributed by atoms with Gasteiger partial charge in [0, 0.05) is 22.3 Å². The molecule has 2 heterocycles. The lowest BCUT2D eigenvalue weighted by Gasteiger charge is -2.60. The maximum Gasteiger partial charge on any atom is 0.169 e. The highest BCUT2D eigenvalue weighted by molar-refractivity contribution is 6.04. The molecule has 3 heteroatoms. The molecule has 0 N–H and O–H groups in total. The first-order valence-corrected chi connectivity index (χ1v) is 13.7. The summed E-state index contributed by atoms with van der Waals surface area (Å²) in [6.45, 7) is 16.2. The Morgan fingerprint density at radius 2 is 1.82 bits per heavy atom. The lowest BCUT2D eigenvalue weighted by molar-refractivity contribution is -0.207. The van der Waals surface area contributed by atoms with Crippen molar-refractivity contribution < 1.29 is 14.3 Å². The van der Waals surface area contributed by atoms with Crippen molar-refractivity contribution in [2.75, 3.05) is 0 Å². The molecule has 3 saturated carbocycles. The Morgan fingerprint density at radius 3 is 2.55 bits per heavy atom. The number of ketones is 1. The second-order valence-electron chi connectivity index (χ2n) is 14.5. The van der Waals surface area contributed by atoms with Crippen LogP contribution in [0.5, 0.6) is 0 Å². The van der Waals surface area contributed by atoms with Gasteiger partial charge in [-0.05, 0) is 88.9 Å². The molecule has 2 bridgehead atoms.